The van der Waals surface area contributed by atoms with Crippen molar-refractivity contribution in [2.45, 2.75) is 19.6 Å². The van der Waals surface area contributed by atoms with E-state index in [0.29, 0.717) is 5.39 Å². The molecule has 82 valence electrons. The zero-order chi connectivity index (χ0) is 11.8. The molecule has 0 amide bonds. The second-order valence-corrected chi connectivity index (χ2v) is 9.42. The molecule has 0 aliphatic carbocycles. The first kappa shape index (κ1) is 10.7. The van der Waals surface area contributed by atoms with Crippen LogP contribution in [0.4, 0.5) is 0 Å². The van der Waals surface area contributed by atoms with Crippen LogP contribution < -0.4 is 5.56 Å². The zero-order valence-electron chi connectivity index (χ0n) is 9.53. The third-order valence-corrected chi connectivity index (χ3v) is 2.94. The van der Waals surface area contributed by atoms with Crippen LogP contribution in [0, 0.1) is 11.6 Å². The second kappa shape index (κ2) is 3.65. The molecule has 0 saturated carbocycles. The smallest absolute Gasteiger partial charge is 0.273 e. The van der Waals surface area contributed by atoms with Gasteiger partial charge in [0.05, 0.1) is 17.1 Å². The minimum absolute atomic E-state index is 0.175. The Kier molecular flexibility index (Phi) is 2.44. The van der Waals surface area contributed by atoms with E-state index in [1.165, 1.54) is 0 Å². The van der Waals surface area contributed by atoms with Gasteiger partial charge >= 0.3 is 0 Å². The van der Waals surface area contributed by atoms with Gasteiger partial charge < -0.3 is 0 Å². The first-order chi connectivity index (χ1) is 7.47. The Bertz CT molecular complexity index is 637. The van der Waals surface area contributed by atoms with Crippen LogP contribution in [0.15, 0.2) is 23.3 Å². The molecule has 5 heteroatoms. The van der Waals surface area contributed by atoms with Crippen molar-refractivity contribution < 1.29 is 0 Å². The Hall–Kier alpha value is -1.80. The van der Waals surface area contributed by atoms with Crippen LogP contribution >= 0.6 is 0 Å². The van der Waals surface area contributed by atoms with E-state index >= 15 is 0 Å². The number of fused-ring (bicyclic) bond motifs is 1. The van der Waals surface area contributed by atoms with Gasteiger partial charge in [0.15, 0.2) is 0 Å². The first-order valence-electron chi connectivity index (χ1n) is 5.05. The van der Waals surface area contributed by atoms with E-state index in [9.17, 15) is 4.79 Å². The van der Waals surface area contributed by atoms with Gasteiger partial charge in [-0.1, -0.05) is 19.6 Å². The van der Waals surface area contributed by atoms with Gasteiger partial charge in [0.2, 0.25) is 0 Å². The Morgan fingerprint density at radius 1 is 1.44 bits per heavy atom. The van der Waals surface area contributed by atoms with Crippen LogP contribution in [-0.2, 0) is 0 Å². The average molecular weight is 231 g/mol. The normalized spacial score (nSPS) is 11.2. The van der Waals surface area contributed by atoms with Gasteiger partial charge in [-0.2, -0.15) is 5.10 Å². The molecular weight excluding hydrogens is 218 g/mol. The number of hydrogen-bond acceptors (Lipinski definition) is 2. The summed E-state index contributed by atoms with van der Waals surface area (Å²) in [4.78, 5) is 11.4. The van der Waals surface area contributed by atoms with Crippen molar-refractivity contribution >= 4 is 19.0 Å². The summed E-state index contributed by atoms with van der Waals surface area (Å²) in [5.74, 6) is 0. The summed E-state index contributed by atoms with van der Waals surface area (Å²) >= 11 is 0. The highest BCUT2D eigenvalue weighted by atomic mass is 28.3. The van der Waals surface area contributed by atoms with Crippen LogP contribution in [0.25, 0.3) is 10.9 Å². The lowest BCUT2D eigenvalue weighted by Crippen LogP contribution is -2.16. The molecule has 16 heavy (non-hydrogen) atoms. The minimum atomic E-state index is -1.40. The van der Waals surface area contributed by atoms with E-state index in [-0.39, 0.29) is 5.56 Å². The molecule has 0 unspecified atom stereocenters. The van der Waals surface area contributed by atoms with Crippen LogP contribution in [-0.4, -0.2) is 22.8 Å². The summed E-state index contributed by atoms with van der Waals surface area (Å²) in [6, 6.07) is 4.83. The summed E-state index contributed by atoms with van der Waals surface area (Å²) < 4.78 is 1.76. The number of nitrogens with one attached hydrogen (secondary N) is 1. The molecule has 1 N–H and O–H groups in total. The lowest BCUT2D eigenvalue weighted by molar-refractivity contribution is 1.00. The summed E-state index contributed by atoms with van der Waals surface area (Å²) in [5.41, 5.74) is 3.83. The molecule has 2 aromatic rings. The molecule has 0 saturated heterocycles. The standard InChI is InChI=1S/C11H13N3OSi/c1-16(2,3)7-6-14-5-4-9-10(14)8-12-13-11(9)15/h4-5,8H,1-3H3,(H,13,15). The molecule has 0 aliphatic heterocycles. The minimum Gasteiger partial charge on any atom is -0.275 e. The third-order valence-electron chi connectivity index (χ3n) is 2.07. The molecule has 0 radical (unpaired) electrons. The highest BCUT2D eigenvalue weighted by Crippen LogP contribution is 2.08. The molecular formula is C11H13N3OSi. The van der Waals surface area contributed by atoms with Crippen molar-refractivity contribution in [1.29, 1.82) is 0 Å². The van der Waals surface area contributed by atoms with Crippen molar-refractivity contribution in [3.05, 3.63) is 28.8 Å². The maximum atomic E-state index is 11.4. The monoisotopic (exact) mass is 231 g/mol. The second-order valence-electron chi connectivity index (χ2n) is 4.67. The van der Waals surface area contributed by atoms with Gasteiger partial charge in [0, 0.05) is 12.2 Å². The molecule has 2 heterocycles. The van der Waals surface area contributed by atoms with Gasteiger partial charge in [-0.3, -0.25) is 9.36 Å². The molecule has 0 aromatic carbocycles. The highest BCUT2D eigenvalue weighted by molar-refractivity contribution is 6.83. The number of aromatic nitrogens is 3. The molecule has 2 aromatic heterocycles. The Balaban J connectivity index is 2.59. The van der Waals surface area contributed by atoms with Gasteiger partial charge in [0.25, 0.3) is 5.56 Å². The predicted octanol–water partition coefficient (Wildman–Crippen LogP) is 1.41. The number of nitrogens with zero attached hydrogens (tertiary/aromatic N) is 2. The fourth-order valence-corrected chi connectivity index (χ4v) is 1.76. The zero-order valence-corrected chi connectivity index (χ0v) is 10.5. The molecule has 0 aliphatic rings. The number of hydrogen-bond donors (Lipinski definition) is 1. The topological polar surface area (TPSA) is 50.7 Å². The maximum Gasteiger partial charge on any atom is 0.273 e. The lowest BCUT2D eigenvalue weighted by Gasteiger charge is -2.03. The molecule has 0 bridgehead atoms. The molecule has 0 fully saturated rings. The Labute approximate surface area is 94.3 Å². The maximum absolute atomic E-state index is 11.4. The van der Waals surface area contributed by atoms with E-state index in [1.807, 2.05) is 0 Å². The summed E-state index contributed by atoms with van der Waals surface area (Å²) in [6.07, 6.45) is 3.42. The Morgan fingerprint density at radius 3 is 2.88 bits per heavy atom. The largest absolute Gasteiger partial charge is 0.275 e. The molecule has 0 spiro atoms. The summed E-state index contributed by atoms with van der Waals surface area (Å²) in [5, 5.41) is 6.80. The van der Waals surface area contributed by atoms with Crippen LogP contribution in [0.2, 0.25) is 19.6 Å². The van der Waals surface area contributed by atoms with E-state index < -0.39 is 8.07 Å². The van der Waals surface area contributed by atoms with E-state index in [4.69, 9.17) is 0 Å². The van der Waals surface area contributed by atoms with Crippen LogP contribution in [0.1, 0.15) is 0 Å². The fourth-order valence-electron chi connectivity index (χ4n) is 1.31. The van der Waals surface area contributed by atoms with Crippen molar-refractivity contribution in [3.8, 4) is 11.6 Å². The van der Waals surface area contributed by atoms with E-state index in [2.05, 4.69) is 41.4 Å². The first-order valence-corrected chi connectivity index (χ1v) is 8.55. The highest BCUT2D eigenvalue weighted by Gasteiger charge is 2.08. The average Bonchev–Trinajstić information content (AvgIpc) is 2.58. The third kappa shape index (κ3) is 2.07. The SMILES string of the molecule is C[Si](C)(C)C#Cn1ccc2c(=O)[nH]ncc21. The van der Waals surface area contributed by atoms with Gasteiger partial charge in [0.1, 0.15) is 8.07 Å². The van der Waals surface area contributed by atoms with Crippen LogP contribution in [0.5, 0.6) is 0 Å². The number of H-pyrrole nitrogens is 1. The van der Waals surface area contributed by atoms with E-state index in [1.54, 1.807) is 23.0 Å². The molecule has 0 atom stereocenters. The summed E-state index contributed by atoms with van der Waals surface area (Å²) in [7, 11) is -1.40. The van der Waals surface area contributed by atoms with Gasteiger partial charge in [-0.25, -0.2) is 5.10 Å². The van der Waals surface area contributed by atoms with Crippen LogP contribution in [0.3, 0.4) is 0 Å². The quantitative estimate of drug-likeness (QED) is 0.550. The molecule has 4 nitrogen and oxygen atoms in total. The Morgan fingerprint density at radius 2 is 2.19 bits per heavy atom. The number of rotatable bonds is 0. The van der Waals surface area contributed by atoms with Crippen molar-refractivity contribution in [1.82, 2.24) is 14.8 Å². The predicted molar refractivity (Wildman–Crippen MR) is 66.9 cm³/mol. The van der Waals surface area contributed by atoms with E-state index in [0.717, 1.165) is 5.52 Å². The van der Waals surface area contributed by atoms with Crippen molar-refractivity contribution in [2.75, 3.05) is 0 Å². The summed E-state index contributed by atoms with van der Waals surface area (Å²) in [6.45, 7) is 6.53. The van der Waals surface area contributed by atoms with Crippen molar-refractivity contribution in [3.63, 3.8) is 0 Å². The molecule has 2 rings (SSSR count). The number of aromatic amines is 1. The van der Waals surface area contributed by atoms with Gasteiger partial charge in [-0.05, 0) is 6.07 Å². The fraction of sp³-hybridized carbons (Fsp3) is 0.273. The van der Waals surface area contributed by atoms with Crippen molar-refractivity contribution in [2.24, 2.45) is 0 Å². The van der Waals surface area contributed by atoms with Gasteiger partial charge in [-0.15, -0.1) is 5.54 Å². The lowest BCUT2D eigenvalue weighted by atomic mass is 10.4.